The highest BCUT2D eigenvalue weighted by Gasteiger charge is 2.32. The number of para-hydroxylation sites is 1. The highest BCUT2D eigenvalue weighted by atomic mass is 19.4. The number of nitriles is 1. The Balaban J connectivity index is 1.95. The van der Waals surface area contributed by atoms with Crippen LogP contribution >= 0.6 is 0 Å². The average molecular weight is 357 g/mol. The number of aromatic nitrogens is 4. The van der Waals surface area contributed by atoms with Crippen LogP contribution in [0.25, 0.3) is 5.69 Å². The molecule has 0 N–H and O–H groups in total. The summed E-state index contributed by atoms with van der Waals surface area (Å²) in [7, 11) is 0. The monoisotopic (exact) mass is 357 g/mol. The molecule has 1 aromatic heterocycles. The van der Waals surface area contributed by atoms with E-state index in [1.54, 1.807) is 30.3 Å². The molecular weight excluding hydrogens is 347 g/mol. The van der Waals surface area contributed by atoms with Gasteiger partial charge in [0.05, 0.1) is 17.3 Å². The molecule has 1 unspecified atom stereocenters. The second-order valence-corrected chi connectivity index (χ2v) is 5.29. The van der Waals surface area contributed by atoms with E-state index in [-0.39, 0.29) is 11.4 Å². The van der Waals surface area contributed by atoms with Crippen molar-refractivity contribution in [3.63, 3.8) is 0 Å². The van der Waals surface area contributed by atoms with Gasteiger partial charge in [0.2, 0.25) is 0 Å². The zero-order valence-corrected chi connectivity index (χ0v) is 13.1. The number of rotatable bonds is 4. The van der Waals surface area contributed by atoms with Crippen LogP contribution in [0.1, 0.15) is 27.7 Å². The molecule has 9 heteroatoms. The van der Waals surface area contributed by atoms with Crippen molar-refractivity contribution < 1.29 is 18.0 Å². The molecule has 0 saturated carbocycles. The molecule has 0 saturated heterocycles. The molecule has 1 heterocycles. The molecular formula is C17H10F3N5O. The minimum absolute atomic E-state index is 0.0106. The maximum Gasteiger partial charge on any atom is 0.416 e. The van der Waals surface area contributed by atoms with Gasteiger partial charge in [-0.1, -0.05) is 30.3 Å². The fourth-order valence-electron chi connectivity index (χ4n) is 2.35. The lowest BCUT2D eigenvalue weighted by Crippen LogP contribution is -2.17. The van der Waals surface area contributed by atoms with E-state index in [1.807, 2.05) is 6.07 Å². The van der Waals surface area contributed by atoms with Gasteiger partial charge in [0, 0.05) is 5.56 Å². The van der Waals surface area contributed by atoms with Gasteiger partial charge in [0.15, 0.2) is 17.5 Å². The van der Waals surface area contributed by atoms with Gasteiger partial charge in [0.1, 0.15) is 0 Å². The third-order valence-electron chi connectivity index (χ3n) is 3.64. The third-order valence-corrected chi connectivity index (χ3v) is 3.64. The van der Waals surface area contributed by atoms with E-state index in [4.69, 9.17) is 0 Å². The van der Waals surface area contributed by atoms with Crippen LogP contribution in [-0.4, -0.2) is 26.0 Å². The predicted octanol–water partition coefficient (Wildman–Crippen LogP) is 3.17. The maximum atomic E-state index is 12.6. The highest BCUT2D eigenvalue weighted by Crippen LogP contribution is 2.30. The molecule has 0 spiro atoms. The fraction of sp³-hybridized carbons (Fsp3) is 0.118. The molecule has 6 nitrogen and oxygen atoms in total. The van der Waals surface area contributed by atoms with Crippen molar-refractivity contribution in [3.05, 3.63) is 71.5 Å². The van der Waals surface area contributed by atoms with Gasteiger partial charge in [-0.15, -0.1) is 5.10 Å². The van der Waals surface area contributed by atoms with Gasteiger partial charge in [0.25, 0.3) is 0 Å². The number of nitrogens with zero attached hydrogens (tertiary/aromatic N) is 5. The van der Waals surface area contributed by atoms with Gasteiger partial charge in [-0.25, -0.2) is 0 Å². The molecule has 2 aromatic carbocycles. The van der Waals surface area contributed by atoms with E-state index in [1.165, 1.54) is 4.68 Å². The van der Waals surface area contributed by atoms with E-state index >= 15 is 0 Å². The van der Waals surface area contributed by atoms with Crippen molar-refractivity contribution in [1.29, 1.82) is 5.26 Å². The second kappa shape index (κ2) is 6.76. The van der Waals surface area contributed by atoms with Crippen LogP contribution in [0.5, 0.6) is 0 Å². The maximum absolute atomic E-state index is 12.6. The van der Waals surface area contributed by atoms with Crippen LogP contribution in [0.4, 0.5) is 13.2 Å². The van der Waals surface area contributed by atoms with Gasteiger partial charge in [-0.3, -0.25) is 4.79 Å². The molecule has 0 amide bonds. The molecule has 0 bridgehead atoms. The predicted molar refractivity (Wildman–Crippen MR) is 83.3 cm³/mol. The van der Waals surface area contributed by atoms with Crippen molar-refractivity contribution in [3.8, 4) is 11.8 Å². The molecule has 0 fully saturated rings. The van der Waals surface area contributed by atoms with Crippen LogP contribution in [0, 0.1) is 11.3 Å². The Morgan fingerprint density at radius 2 is 1.73 bits per heavy atom. The van der Waals surface area contributed by atoms with E-state index in [0.29, 0.717) is 5.69 Å². The first-order chi connectivity index (χ1) is 12.4. The normalized spacial score (nSPS) is 12.4. The summed E-state index contributed by atoms with van der Waals surface area (Å²) in [5.41, 5.74) is -0.364. The Kier molecular flexibility index (Phi) is 4.49. The number of ketones is 1. The average Bonchev–Trinajstić information content (AvgIpc) is 3.12. The van der Waals surface area contributed by atoms with Crippen molar-refractivity contribution in [1.82, 2.24) is 20.2 Å². The smallest absolute Gasteiger partial charge is 0.292 e. The Morgan fingerprint density at radius 1 is 1.08 bits per heavy atom. The number of tetrazole rings is 1. The summed E-state index contributed by atoms with van der Waals surface area (Å²) in [5, 5.41) is 20.5. The molecule has 3 aromatic rings. The van der Waals surface area contributed by atoms with Crippen molar-refractivity contribution in [2.75, 3.05) is 0 Å². The molecule has 1 atom stereocenters. The van der Waals surface area contributed by atoms with Crippen LogP contribution < -0.4 is 0 Å². The lowest BCUT2D eigenvalue weighted by Gasteiger charge is -2.10. The molecule has 3 rings (SSSR count). The van der Waals surface area contributed by atoms with Crippen LogP contribution in [0.15, 0.2) is 54.6 Å². The zero-order valence-electron chi connectivity index (χ0n) is 13.1. The summed E-state index contributed by atoms with van der Waals surface area (Å²) < 4.78 is 39.2. The number of alkyl halides is 3. The summed E-state index contributed by atoms with van der Waals surface area (Å²) in [5.74, 6) is -2.06. The minimum Gasteiger partial charge on any atom is -0.292 e. The first-order valence-electron chi connectivity index (χ1n) is 7.36. The third kappa shape index (κ3) is 3.30. The van der Waals surface area contributed by atoms with Gasteiger partial charge in [-0.05, 0) is 34.7 Å². The summed E-state index contributed by atoms with van der Waals surface area (Å²) in [6.45, 7) is 0. The van der Waals surface area contributed by atoms with Gasteiger partial charge < -0.3 is 0 Å². The lowest BCUT2D eigenvalue weighted by molar-refractivity contribution is -0.137. The minimum atomic E-state index is -4.51. The molecule has 0 aliphatic heterocycles. The number of benzene rings is 2. The van der Waals surface area contributed by atoms with Crippen molar-refractivity contribution in [2.24, 2.45) is 0 Å². The van der Waals surface area contributed by atoms with E-state index in [2.05, 4.69) is 15.5 Å². The Hall–Kier alpha value is -3.54. The highest BCUT2D eigenvalue weighted by molar-refractivity contribution is 6.02. The summed E-state index contributed by atoms with van der Waals surface area (Å²) >= 11 is 0. The summed E-state index contributed by atoms with van der Waals surface area (Å²) in [4.78, 5) is 12.6. The topological polar surface area (TPSA) is 84.5 Å². The second-order valence-electron chi connectivity index (χ2n) is 5.29. The van der Waals surface area contributed by atoms with Crippen molar-refractivity contribution in [2.45, 2.75) is 12.1 Å². The van der Waals surface area contributed by atoms with Gasteiger partial charge >= 0.3 is 6.18 Å². The zero-order chi connectivity index (χ0) is 18.7. The Bertz CT molecular complexity index is 959. The standard InChI is InChI=1S/C17H10F3N5O/c18-17(19,20)12-8-6-11(7-9-12)15(26)14(10-21)16-22-23-24-25(16)13-4-2-1-3-5-13/h1-9,14H. The van der Waals surface area contributed by atoms with Crippen LogP contribution in [0.2, 0.25) is 0 Å². The first-order valence-corrected chi connectivity index (χ1v) is 7.36. The molecule has 0 radical (unpaired) electrons. The molecule has 0 aliphatic carbocycles. The number of hydrogen-bond donors (Lipinski definition) is 0. The number of carbonyl (C=O) groups excluding carboxylic acids is 1. The van der Waals surface area contributed by atoms with Crippen LogP contribution in [0.3, 0.4) is 0 Å². The number of hydrogen-bond acceptors (Lipinski definition) is 5. The Labute approximate surface area is 145 Å². The summed E-state index contributed by atoms with van der Waals surface area (Å²) in [6, 6.07) is 14.1. The Morgan fingerprint density at radius 3 is 2.31 bits per heavy atom. The molecule has 0 aliphatic rings. The number of Topliss-reactive ketones (excluding diaryl/α,β-unsaturated/α-hetero) is 1. The van der Waals surface area contributed by atoms with E-state index < -0.39 is 23.4 Å². The van der Waals surface area contributed by atoms with Gasteiger partial charge in [-0.2, -0.15) is 23.1 Å². The number of carbonyl (C=O) groups is 1. The summed E-state index contributed by atoms with van der Waals surface area (Å²) in [6.07, 6.45) is -4.51. The lowest BCUT2D eigenvalue weighted by atomic mass is 9.97. The first kappa shape index (κ1) is 17.3. The molecule has 130 valence electrons. The quantitative estimate of drug-likeness (QED) is 0.670. The fourth-order valence-corrected chi connectivity index (χ4v) is 2.35. The number of halogens is 3. The van der Waals surface area contributed by atoms with E-state index in [0.717, 1.165) is 24.3 Å². The largest absolute Gasteiger partial charge is 0.416 e. The van der Waals surface area contributed by atoms with Crippen LogP contribution in [-0.2, 0) is 6.18 Å². The SMILES string of the molecule is N#CC(C(=O)c1ccc(C(F)(F)F)cc1)c1nnnn1-c1ccccc1. The van der Waals surface area contributed by atoms with E-state index in [9.17, 15) is 23.2 Å². The van der Waals surface area contributed by atoms with Crippen molar-refractivity contribution >= 4 is 5.78 Å². The molecule has 26 heavy (non-hydrogen) atoms.